The Balaban J connectivity index is 0.000000166. The lowest BCUT2D eigenvalue weighted by Crippen LogP contribution is -2.20. The summed E-state index contributed by atoms with van der Waals surface area (Å²) in [7, 11) is -12.3. The van der Waals surface area contributed by atoms with E-state index in [0.717, 1.165) is 63.5 Å². The molecule has 0 fully saturated rings. The molecule has 610 valence electrons. The number of nitrogens with zero attached hydrogens (tertiary/aromatic N) is 5. The number of fused-ring (bicyclic) bond motifs is 3. The molecule has 8 aromatic carbocycles. The molecular weight excluding hydrogens is 1770 g/mol. The van der Waals surface area contributed by atoms with Crippen LogP contribution in [0.3, 0.4) is 0 Å². The highest BCUT2D eigenvalue weighted by Crippen LogP contribution is 2.38. The minimum atomic E-state index is -4.21. The Morgan fingerprint density at radius 1 is 0.395 bits per heavy atom. The van der Waals surface area contributed by atoms with Gasteiger partial charge in [-0.15, -0.1) is 0 Å². The number of aromatic nitrogens is 6. The van der Waals surface area contributed by atoms with Crippen LogP contribution >= 0.6 is 81.2 Å². The van der Waals surface area contributed by atoms with E-state index < -0.39 is 153 Å². The molecule has 119 heavy (non-hydrogen) atoms. The predicted octanol–water partition coefficient (Wildman–Crippen LogP) is 18.7. The molecule has 0 aliphatic heterocycles. The zero-order chi connectivity index (χ0) is 85.9. The van der Waals surface area contributed by atoms with Crippen LogP contribution < -0.4 is 14.2 Å². The van der Waals surface area contributed by atoms with Gasteiger partial charge in [0, 0.05) is 90.7 Å². The van der Waals surface area contributed by atoms with Gasteiger partial charge in [-0.1, -0.05) is 137 Å². The Bertz CT molecular complexity index is 6480. The molecule has 38 heteroatoms. The van der Waals surface area contributed by atoms with Crippen molar-refractivity contribution in [3.63, 3.8) is 0 Å². The SMILES string of the molecule is CCCS(=O)(=O)Nc1ccc(F)c(C(=O)c2cn(C(=O)c3c(Cl)cccc3Cl)c3ncc(-c4ccc(Cl)cc4)cc23)c1F.O=C(c1c(F)ccc(NS(=O)(=O)CCO)c1F)c1c[nH]c2ncc(-c3ccc(Cl)cc3)cc12.O=C(c1c(F)ccc(NS(=O)(=O)CCO)c1F)c1cn(C(=O)c2c(Cl)cccc2Cl)c2ncc(-c3ccc(Cl)cc3)cc12. The summed E-state index contributed by atoms with van der Waals surface area (Å²) >= 11 is 43.0. The lowest BCUT2D eigenvalue weighted by Gasteiger charge is -2.11. The standard InChI is InChI=1S/C30H20Cl3F2N3O4S.C29H18Cl3F2N3O5S.C22H16ClF2N3O4S/c1-2-12-43(41,42)37-24-11-10-23(34)26(27(24)35)28(39)20-15-38(30(40)25-21(32)4-3-5-22(25)33)29-19(20)13-17(14-36-29)16-6-8-18(31)9-7-16;30-17-6-4-15(5-7-17)16-12-18-19(14-37(28(18)35-13-16)29(40)24-20(31)2-1-3-21(24)32)27(39)25-22(33)8-9-23(26(25)34)36-43(41,42)11-10-38;23-14-3-1-12(2-4-14)13-9-15-16(11-27-22(15)26-10-13)21(30)19-17(24)5-6-18(20(19)25)28-33(31,32)8-7-29/h3-11,13-15,37H,2,12H2,1H3;1-9,12-14,36,38H,10-11H2;1-6,9-11,28-29H,7-8H2,(H,26,27). The second kappa shape index (κ2) is 36.3. The Morgan fingerprint density at radius 3 is 1.03 bits per heavy atom. The number of benzene rings is 8. The number of aliphatic hydroxyl groups excluding tert-OH is 2. The van der Waals surface area contributed by atoms with Crippen LogP contribution in [-0.2, 0) is 30.1 Å². The van der Waals surface area contributed by atoms with E-state index in [1.165, 1.54) is 55.0 Å². The fraction of sp³-hybridized carbons (Fsp3) is 0.0864. The van der Waals surface area contributed by atoms with Gasteiger partial charge < -0.3 is 15.2 Å². The monoisotopic (exact) mass is 1820 g/mol. The number of hydrogen-bond donors (Lipinski definition) is 6. The van der Waals surface area contributed by atoms with Gasteiger partial charge in [0.2, 0.25) is 47.4 Å². The summed E-state index contributed by atoms with van der Waals surface area (Å²) < 4.78 is 171. The number of sulfonamides is 3. The van der Waals surface area contributed by atoms with Crippen molar-refractivity contribution in [3.8, 4) is 33.4 Å². The van der Waals surface area contributed by atoms with Gasteiger partial charge in [0.15, 0.2) is 17.5 Å². The molecule has 22 nitrogen and oxygen atoms in total. The Labute approximate surface area is 707 Å². The number of anilines is 3. The lowest BCUT2D eigenvalue weighted by molar-refractivity contribution is 0.0955. The van der Waals surface area contributed by atoms with E-state index in [0.29, 0.717) is 53.9 Å². The van der Waals surface area contributed by atoms with E-state index in [1.54, 1.807) is 104 Å². The molecule has 0 saturated heterocycles. The molecule has 6 N–H and O–H groups in total. The molecular formula is C81H54Cl7F6N9O13S3. The van der Waals surface area contributed by atoms with Crippen molar-refractivity contribution < 1.29 is 85.8 Å². The second-order valence-corrected chi connectivity index (χ2v) is 34.2. The molecule has 0 radical (unpaired) electrons. The quantitative estimate of drug-likeness (QED) is 0.0256. The van der Waals surface area contributed by atoms with E-state index in [4.69, 9.17) is 91.4 Å². The van der Waals surface area contributed by atoms with Crippen LogP contribution in [0.1, 0.15) is 81.8 Å². The van der Waals surface area contributed by atoms with Crippen LogP contribution in [0, 0.1) is 34.9 Å². The summed E-state index contributed by atoms with van der Waals surface area (Å²) in [6.07, 6.45) is 8.17. The van der Waals surface area contributed by atoms with Crippen molar-refractivity contribution in [2.45, 2.75) is 13.3 Å². The number of halogens is 13. The van der Waals surface area contributed by atoms with E-state index in [2.05, 4.69) is 24.7 Å². The number of H-pyrrole nitrogens is 1. The number of hydrogen-bond acceptors (Lipinski definition) is 16. The minimum Gasteiger partial charge on any atom is -0.395 e. The van der Waals surface area contributed by atoms with Crippen LogP contribution in [0.25, 0.3) is 66.5 Å². The molecule has 0 unspecified atom stereocenters. The molecule has 6 aromatic heterocycles. The number of carbonyl (C=O) groups is 5. The molecule has 0 saturated carbocycles. The van der Waals surface area contributed by atoms with Crippen molar-refractivity contribution in [1.82, 2.24) is 29.1 Å². The first-order chi connectivity index (χ1) is 56.5. The molecule has 14 rings (SSSR count). The van der Waals surface area contributed by atoms with Crippen LogP contribution in [0.5, 0.6) is 0 Å². The van der Waals surface area contributed by atoms with Crippen LogP contribution in [0.2, 0.25) is 35.2 Å². The van der Waals surface area contributed by atoms with Gasteiger partial charge >= 0.3 is 0 Å². The van der Waals surface area contributed by atoms with Gasteiger partial charge in [0.1, 0.15) is 34.4 Å². The topological polar surface area (TPSA) is 329 Å². The first-order valence-corrected chi connectivity index (χ1v) is 42.2. The Hall–Kier alpha value is -11.0. The first-order valence-electron chi connectivity index (χ1n) is 34.6. The maximum Gasteiger partial charge on any atom is 0.266 e. The van der Waals surface area contributed by atoms with Gasteiger partial charge in [-0.25, -0.2) is 66.5 Å². The van der Waals surface area contributed by atoms with E-state index in [-0.39, 0.29) is 82.1 Å². The summed E-state index contributed by atoms with van der Waals surface area (Å²) in [6.45, 7) is 0.173. The van der Waals surface area contributed by atoms with Gasteiger partial charge in [-0.05, 0) is 138 Å². The number of aliphatic hydroxyl groups is 2. The van der Waals surface area contributed by atoms with Crippen molar-refractivity contribution in [3.05, 3.63) is 316 Å². The van der Waals surface area contributed by atoms with Gasteiger partial charge in [-0.3, -0.25) is 47.3 Å². The Morgan fingerprint density at radius 2 is 0.706 bits per heavy atom. The van der Waals surface area contributed by atoms with Crippen molar-refractivity contribution in [1.29, 1.82) is 0 Å². The summed E-state index contributed by atoms with van der Waals surface area (Å²) in [4.78, 5) is 84.0. The molecule has 0 bridgehead atoms. The van der Waals surface area contributed by atoms with E-state index in [9.17, 15) is 53.6 Å². The van der Waals surface area contributed by atoms with E-state index >= 15 is 22.0 Å². The van der Waals surface area contributed by atoms with Gasteiger partial charge in [0.25, 0.3) is 11.8 Å². The fourth-order valence-corrected chi connectivity index (χ4v) is 16.5. The van der Waals surface area contributed by atoms with Crippen molar-refractivity contribution >= 4 is 191 Å². The third-order valence-electron chi connectivity index (χ3n) is 17.8. The molecule has 0 aliphatic rings. The molecule has 6 heterocycles. The molecule has 0 spiro atoms. The average Bonchev–Trinajstić information content (AvgIpc) is 1.63. The zero-order valence-electron chi connectivity index (χ0n) is 60.6. The highest BCUT2D eigenvalue weighted by atomic mass is 35.5. The second-order valence-electron chi connectivity index (χ2n) is 25.7. The zero-order valence-corrected chi connectivity index (χ0v) is 68.3. The van der Waals surface area contributed by atoms with Crippen molar-refractivity contribution in [2.24, 2.45) is 0 Å². The highest BCUT2D eigenvalue weighted by Gasteiger charge is 2.33. The number of rotatable bonds is 23. The van der Waals surface area contributed by atoms with Crippen LogP contribution in [-0.4, -0.2) is 124 Å². The van der Waals surface area contributed by atoms with Gasteiger partial charge in [0.05, 0.1) is 107 Å². The normalized spacial score (nSPS) is 11.6. The average molecular weight is 1820 g/mol. The minimum absolute atomic E-state index is 0.0114. The molecule has 0 amide bonds. The molecule has 0 aliphatic carbocycles. The van der Waals surface area contributed by atoms with Crippen LogP contribution in [0.4, 0.5) is 43.4 Å². The predicted molar refractivity (Wildman–Crippen MR) is 445 cm³/mol. The third-order valence-corrected chi connectivity index (χ3v) is 23.8. The number of carbonyl (C=O) groups excluding carboxylic acids is 5. The number of ketones is 3. The van der Waals surface area contributed by atoms with Crippen molar-refractivity contribution in [2.75, 3.05) is 44.6 Å². The summed E-state index contributed by atoms with van der Waals surface area (Å²) in [5, 5.41) is 19.9. The summed E-state index contributed by atoms with van der Waals surface area (Å²) in [5.74, 6) is -14.5. The summed E-state index contributed by atoms with van der Waals surface area (Å²) in [5.41, 5.74) is -1.72. The maximum absolute atomic E-state index is 15.6. The van der Waals surface area contributed by atoms with E-state index in [1.807, 2.05) is 9.44 Å². The largest absolute Gasteiger partial charge is 0.395 e. The summed E-state index contributed by atoms with van der Waals surface area (Å²) in [6, 6.07) is 38.8. The first kappa shape index (κ1) is 87.3. The molecule has 0 atom stereocenters. The maximum atomic E-state index is 15.6. The third kappa shape index (κ3) is 19.0. The Kier molecular flexibility index (Phi) is 26.6. The van der Waals surface area contributed by atoms with Gasteiger partial charge in [-0.2, -0.15) is 0 Å². The number of aromatic amines is 1. The lowest BCUT2D eigenvalue weighted by atomic mass is 10.00. The number of pyridine rings is 3. The highest BCUT2D eigenvalue weighted by molar-refractivity contribution is 7.93. The van der Waals surface area contributed by atoms with Crippen LogP contribution in [0.15, 0.2) is 201 Å². The molecule has 14 aromatic rings. The number of nitrogens with one attached hydrogen (secondary N) is 4. The fourth-order valence-electron chi connectivity index (χ4n) is 12.2. The smallest absolute Gasteiger partial charge is 0.266 e.